The molecule has 4 nitrogen and oxygen atoms in total. The highest BCUT2D eigenvalue weighted by Crippen LogP contribution is 2.14. The Balaban J connectivity index is 3.09. The molecule has 1 aromatic rings. The van der Waals surface area contributed by atoms with E-state index in [1.165, 1.54) is 12.1 Å². The summed E-state index contributed by atoms with van der Waals surface area (Å²) in [6, 6.07) is 4.16. The first-order valence-corrected chi connectivity index (χ1v) is 5.40. The lowest BCUT2D eigenvalue weighted by Crippen LogP contribution is -2.06. The molecule has 5 heteroatoms. The van der Waals surface area contributed by atoms with Gasteiger partial charge in [0.2, 0.25) is 0 Å². The van der Waals surface area contributed by atoms with E-state index in [1.54, 1.807) is 6.07 Å². The largest absolute Gasteiger partial charge is 0.478 e. The minimum Gasteiger partial charge on any atom is -0.478 e. The number of aromatic carboxylic acids is 2. The number of rotatable bonds is 5. The number of hydrogen-bond acceptors (Lipinski definition) is 3. The van der Waals surface area contributed by atoms with Crippen LogP contribution in [-0.2, 0) is 6.42 Å². The predicted molar refractivity (Wildman–Crippen MR) is 62.5 cm³/mol. The summed E-state index contributed by atoms with van der Waals surface area (Å²) in [7, 11) is 0. The molecule has 16 heavy (non-hydrogen) atoms. The lowest BCUT2D eigenvalue weighted by Gasteiger charge is -2.06. The van der Waals surface area contributed by atoms with Gasteiger partial charge in [0.1, 0.15) is 0 Å². The summed E-state index contributed by atoms with van der Waals surface area (Å²) < 4.78 is 0. The van der Waals surface area contributed by atoms with E-state index in [0.717, 1.165) is 6.42 Å². The molecule has 0 amide bonds. The fourth-order valence-corrected chi connectivity index (χ4v) is 1.55. The fourth-order valence-electron chi connectivity index (χ4n) is 1.40. The number of hydrogen-bond donors (Lipinski definition) is 3. The molecular formula is C11H12O4S. The van der Waals surface area contributed by atoms with Gasteiger partial charge in [-0.1, -0.05) is 6.07 Å². The van der Waals surface area contributed by atoms with Crippen molar-refractivity contribution in [2.24, 2.45) is 0 Å². The Morgan fingerprint density at radius 3 is 2.38 bits per heavy atom. The van der Waals surface area contributed by atoms with Crippen molar-refractivity contribution in [1.29, 1.82) is 0 Å². The zero-order valence-corrected chi connectivity index (χ0v) is 9.41. The topological polar surface area (TPSA) is 74.6 Å². The van der Waals surface area contributed by atoms with Crippen molar-refractivity contribution in [3.8, 4) is 0 Å². The van der Waals surface area contributed by atoms with Crippen LogP contribution in [0.15, 0.2) is 18.2 Å². The highest BCUT2D eigenvalue weighted by Gasteiger charge is 2.13. The Hall–Kier alpha value is -1.49. The summed E-state index contributed by atoms with van der Waals surface area (Å²) in [6.45, 7) is 0. The number of carbonyl (C=O) groups is 2. The third-order valence-electron chi connectivity index (χ3n) is 2.19. The molecule has 0 aliphatic heterocycles. The lowest BCUT2D eigenvalue weighted by molar-refractivity contribution is 0.0695. The van der Waals surface area contributed by atoms with Crippen LogP contribution in [0.1, 0.15) is 32.7 Å². The van der Waals surface area contributed by atoms with Gasteiger partial charge in [0.25, 0.3) is 0 Å². The minimum atomic E-state index is -1.12. The fraction of sp³-hybridized carbons (Fsp3) is 0.273. The van der Waals surface area contributed by atoms with Crippen LogP contribution in [0, 0.1) is 0 Å². The first-order chi connectivity index (χ1) is 7.56. The number of benzene rings is 1. The average Bonchev–Trinajstić information content (AvgIpc) is 2.25. The van der Waals surface area contributed by atoms with Crippen molar-refractivity contribution >= 4 is 24.6 Å². The molecule has 0 atom stereocenters. The van der Waals surface area contributed by atoms with Gasteiger partial charge in [-0.05, 0) is 36.3 Å². The highest BCUT2D eigenvalue weighted by molar-refractivity contribution is 7.80. The van der Waals surface area contributed by atoms with E-state index in [0.29, 0.717) is 17.7 Å². The average molecular weight is 240 g/mol. The summed E-state index contributed by atoms with van der Waals surface area (Å²) in [5.41, 5.74) is 0.695. The van der Waals surface area contributed by atoms with Gasteiger partial charge >= 0.3 is 11.9 Å². The van der Waals surface area contributed by atoms with Crippen molar-refractivity contribution in [3.05, 3.63) is 34.9 Å². The molecule has 1 aromatic carbocycles. The molecule has 0 saturated heterocycles. The maximum absolute atomic E-state index is 10.9. The number of thiol groups is 1. The van der Waals surface area contributed by atoms with E-state index < -0.39 is 11.9 Å². The van der Waals surface area contributed by atoms with Gasteiger partial charge in [0.05, 0.1) is 11.1 Å². The quantitative estimate of drug-likeness (QED) is 0.688. The Kier molecular flexibility index (Phi) is 4.37. The van der Waals surface area contributed by atoms with E-state index >= 15 is 0 Å². The van der Waals surface area contributed by atoms with Gasteiger partial charge in [0.15, 0.2) is 0 Å². The standard InChI is InChI=1S/C11H12O4S/c12-10(13)8-4-3-7(2-1-5-16)9(6-8)11(14)15/h3-4,6,16H,1-2,5H2,(H,12,13)(H,14,15). The third kappa shape index (κ3) is 3.00. The Labute approximate surface area is 98.3 Å². The van der Waals surface area contributed by atoms with Crippen LogP contribution in [0.5, 0.6) is 0 Å². The normalized spacial score (nSPS) is 10.1. The van der Waals surface area contributed by atoms with Crippen LogP contribution in [0.3, 0.4) is 0 Å². The van der Waals surface area contributed by atoms with Gasteiger partial charge in [-0.25, -0.2) is 9.59 Å². The first kappa shape index (κ1) is 12.6. The molecule has 0 fully saturated rings. The van der Waals surface area contributed by atoms with Crippen molar-refractivity contribution in [3.63, 3.8) is 0 Å². The summed E-state index contributed by atoms with van der Waals surface area (Å²) in [5, 5.41) is 17.7. The Morgan fingerprint density at radius 2 is 1.88 bits per heavy atom. The van der Waals surface area contributed by atoms with Crippen LogP contribution < -0.4 is 0 Å². The van der Waals surface area contributed by atoms with Crippen LogP contribution in [-0.4, -0.2) is 27.9 Å². The SMILES string of the molecule is O=C(O)c1ccc(CCCS)c(C(=O)O)c1. The first-order valence-electron chi connectivity index (χ1n) is 4.76. The summed E-state index contributed by atoms with van der Waals surface area (Å²) in [5.74, 6) is -1.56. The molecule has 0 aliphatic carbocycles. The number of carboxylic acid groups (broad SMARTS) is 2. The van der Waals surface area contributed by atoms with Crippen LogP contribution in [0.4, 0.5) is 0 Å². The summed E-state index contributed by atoms with van der Waals surface area (Å²) in [4.78, 5) is 21.6. The molecule has 0 saturated carbocycles. The number of aryl methyl sites for hydroxylation is 1. The van der Waals surface area contributed by atoms with Gasteiger partial charge in [-0.2, -0.15) is 12.6 Å². The zero-order valence-electron chi connectivity index (χ0n) is 8.51. The zero-order chi connectivity index (χ0) is 12.1. The summed E-state index contributed by atoms with van der Waals surface area (Å²) in [6.07, 6.45) is 1.35. The van der Waals surface area contributed by atoms with Crippen LogP contribution >= 0.6 is 12.6 Å². The van der Waals surface area contributed by atoms with E-state index in [9.17, 15) is 9.59 Å². The Bertz CT molecular complexity index is 414. The molecule has 0 aliphatic rings. The maximum atomic E-state index is 10.9. The summed E-state index contributed by atoms with van der Waals surface area (Å²) >= 11 is 4.05. The minimum absolute atomic E-state index is 0.00739. The van der Waals surface area contributed by atoms with Crippen molar-refractivity contribution in [1.82, 2.24) is 0 Å². The molecule has 0 bridgehead atoms. The van der Waals surface area contributed by atoms with Crippen molar-refractivity contribution in [2.45, 2.75) is 12.8 Å². The van der Waals surface area contributed by atoms with E-state index in [-0.39, 0.29) is 11.1 Å². The molecule has 2 N–H and O–H groups in total. The van der Waals surface area contributed by atoms with Gasteiger partial charge < -0.3 is 10.2 Å². The lowest BCUT2D eigenvalue weighted by atomic mass is 10.0. The van der Waals surface area contributed by atoms with Gasteiger partial charge in [-0.3, -0.25) is 0 Å². The maximum Gasteiger partial charge on any atom is 0.335 e. The molecule has 0 unspecified atom stereocenters. The monoisotopic (exact) mass is 240 g/mol. The third-order valence-corrected chi connectivity index (χ3v) is 2.51. The number of carboxylic acids is 2. The van der Waals surface area contributed by atoms with Crippen molar-refractivity contribution < 1.29 is 19.8 Å². The molecule has 86 valence electrons. The van der Waals surface area contributed by atoms with E-state index in [2.05, 4.69) is 12.6 Å². The van der Waals surface area contributed by atoms with Crippen LogP contribution in [0.25, 0.3) is 0 Å². The molecule has 0 spiro atoms. The van der Waals surface area contributed by atoms with E-state index in [1.807, 2.05) is 0 Å². The second-order valence-corrected chi connectivity index (χ2v) is 3.76. The smallest absolute Gasteiger partial charge is 0.335 e. The Morgan fingerprint density at radius 1 is 1.19 bits per heavy atom. The highest BCUT2D eigenvalue weighted by atomic mass is 32.1. The second kappa shape index (κ2) is 5.55. The molecule has 1 rings (SSSR count). The molecule has 0 aromatic heterocycles. The predicted octanol–water partition coefficient (Wildman–Crippen LogP) is 1.95. The van der Waals surface area contributed by atoms with Gasteiger partial charge in [-0.15, -0.1) is 0 Å². The molecule has 0 radical (unpaired) electrons. The van der Waals surface area contributed by atoms with E-state index in [4.69, 9.17) is 10.2 Å². The molecular weight excluding hydrogens is 228 g/mol. The second-order valence-electron chi connectivity index (χ2n) is 3.31. The van der Waals surface area contributed by atoms with Crippen LogP contribution in [0.2, 0.25) is 0 Å². The molecule has 0 heterocycles. The van der Waals surface area contributed by atoms with Gasteiger partial charge in [0, 0.05) is 0 Å². The van der Waals surface area contributed by atoms with Crippen molar-refractivity contribution in [2.75, 3.05) is 5.75 Å².